The van der Waals surface area contributed by atoms with Crippen LogP contribution in [0.1, 0.15) is 23.6 Å². The Morgan fingerprint density at radius 3 is 2.03 bits per heavy atom. The minimum Gasteiger partial charge on any atom is -0.210 e. The Balaban J connectivity index is 1.66. The molecule has 3 nitrogen and oxygen atoms in total. The van der Waals surface area contributed by atoms with Gasteiger partial charge in [0.2, 0.25) is 10.0 Å². The van der Waals surface area contributed by atoms with E-state index in [4.69, 9.17) is 0 Å². The lowest BCUT2D eigenvalue weighted by Gasteiger charge is -2.26. The highest BCUT2D eigenvalue weighted by atomic mass is 32.2. The van der Waals surface area contributed by atoms with Crippen molar-refractivity contribution in [1.29, 1.82) is 0 Å². The average Bonchev–Trinajstić information content (AvgIpc) is 3.10. The van der Waals surface area contributed by atoms with Gasteiger partial charge in [0.1, 0.15) is 0 Å². The molecule has 0 bridgehead atoms. The Hall–Kier alpha value is -2.95. The first-order valence-electron chi connectivity index (χ1n) is 10.5. The Labute approximate surface area is 185 Å². The van der Waals surface area contributed by atoms with Crippen LogP contribution in [0, 0.1) is 6.92 Å². The molecule has 1 unspecified atom stereocenters. The van der Waals surface area contributed by atoms with Crippen LogP contribution < -0.4 is 4.72 Å². The zero-order chi connectivity index (χ0) is 21.9. The highest BCUT2D eigenvalue weighted by Crippen LogP contribution is 2.38. The molecule has 0 aromatic heterocycles. The Morgan fingerprint density at radius 1 is 0.774 bits per heavy atom. The molecule has 1 aliphatic rings. The van der Waals surface area contributed by atoms with Gasteiger partial charge in [-0.3, -0.25) is 0 Å². The van der Waals surface area contributed by atoms with Crippen LogP contribution in [0.25, 0.3) is 0 Å². The minimum atomic E-state index is -3.61. The number of rotatable bonds is 7. The van der Waals surface area contributed by atoms with Crippen LogP contribution in [0.2, 0.25) is 0 Å². The lowest BCUT2D eigenvalue weighted by molar-refractivity contribution is 0.564. The zero-order valence-electron chi connectivity index (χ0n) is 17.9. The first-order valence-corrected chi connectivity index (χ1v) is 11.9. The molecule has 1 atom stereocenters. The van der Waals surface area contributed by atoms with Crippen LogP contribution in [0.4, 0.5) is 0 Å². The first kappa shape index (κ1) is 21.3. The predicted molar refractivity (Wildman–Crippen MR) is 126 cm³/mol. The number of allylic oxidation sites excluding steroid dienone is 2. The van der Waals surface area contributed by atoms with Gasteiger partial charge in [-0.2, -0.15) is 0 Å². The van der Waals surface area contributed by atoms with Gasteiger partial charge in [-0.25, -0.2) is 13.1 Å². The van der Waals surface area contributed by atoms with Crippen molar-refractivity contribution < 1.29 is 8.42 Å². The molecule has 1 aliphatic carbocycles. The van der Waals surface area contributed by atoms with E-state index < -0.39 is 15.4 Å². The molecule has 0 spiro atoms. The van der Waals surface area contributed by atoms with Gasteiger partial charge in [0.15, 0.2) is 0 Å². The molecule has 4 heteroatoms. The van der Waals surface area contributed by atoms with Gasteiger partial charge in [0.05, 0.1) is 4.90 Å². The number of hydrogen-bond acceptors (Lipinski definition) is 2. The van der Waals surface area contributed by atoms with Crippen molar-refractivity contribution >= 4 is 10.0 Å². The number of benzene rings is 3. The summed E-state index contributed by atoms with van der Waals surface area (Å²) in [7, 11) is -3.61. The molecular formula is C27H27NO2S. The monoisotopic (exact) mass is 429 g/mol. The van der Waals surface area contributed by atoms with Gasteiger partial charge in [0.25, 0.3) is 0 Å². The minimum absolute atomic E-state index is 0.267. The molecule has 4 rings (SSSR count). The van der Waals surface area contributed by atoms with E-state index in [0.717, 1.165) is 17.5 Å². The predicted octanol–water partition coefficient (Wildman–Crippen LogP) is 5.34. The summed E-state index contributed by atoms with van der Waals surface area (Å²) in [5.74, 6) is 0. The summed E-state index contributed by atoms with van der Waals surface area (Å²) in [5.41, 5.74) is 5.23. The lowest BCUT2D eigenvalue weighted by Crippen LogP contribution is -2.37. The Morgan fingerprint density at radius 2 is 1.39 bits per heavy atom. The standard InChI is InChI=1S/C27H27NO2S/c1-21-13-15-26(16-14-21)31(29,30)28-20-27(25-11-7-4-8-12-25)18-22(2)24(19-27)17-23-9-5-3-6-10-23/h3-16,18-19,28H,17,20H2,1-2H3. The first-order chi connectivity index (χ1) is 14.9. The van der Waals surface area contributed by atoms with Gasteiger partial charge in [-0.1, -0.05) is 96.1 Å². The van der Waals surface area contributed by atoms with Crippen LogP contribution in [-0.4, -0.2) is 15.0 Å². The Kier molecular flexibility index (Phi) is 5.94. The summed E-state index contributed by atoms with van der Waals surface area (Å²) in [6.45, 7) is 4.32. The molecular weight excluding hydrogens is 402 g/mol. The second kappa shape index (κ2) is 8.66. The molecule has 0 saturated heterocycles. The summed E-state index contributed by atoms with van der Waals surface area (Å²) >= 11 is 0. The molecule has 0 aliphatic heterocycles. The molecule has 158 valence electrons. The van der Waals surface area contributed by atoms with E-state index in [9.17, 15) is 8.42 Å². The van der Waals surface area contributed by atoms with E-state index in [-0.39, 0.29) is 11.4 Å². The van der Waals surface area contributed by atoms with Crippen LogP contribution in [-0.2, 0) is 21.9 Å². The molecule has 0 fully saturated rings. The fourth-order valence-electron chi connectivity index (χ4n) is 4.09. The second-order valence-corrected chi connectivity index (χ2v) is 9.97. The third-order valence-electron chi connectivity index (χ3n) is 5.85. The summed E-state index contributed by atoms with van der Waals surface area (Å²) in [6, 6.07) is 27.4. The quantitative estimate of drug-likeness (QED) is 0.551. The third kappa shape index (κ3) is 4.71. The van der Waals surface area contributed by atoms with Crippen molar-refractivity contribution in [2.75, 3.05) is 6.54 Å². The maximum atomic E-state index is 13.0. The number of sulfonamides is 1. The van der Waals surface area contributed by atoms with E-state index in [1.807, 2.05) is 55.5 Å². The van der Waals surface area contributed by atoms with E-state index in [0.29, 0.717) is 0 Å². The topological polar surface area (TPSA) is 46.2 Å². The molecule has 3 aromatic carbocycles. The van der Waals surface area contributed by atoms with Crippen LogP contribution >= 0.6 is 0 Å². The number of hydrogen-bond donors (Lipinski definition) is 1. The highest BCUT2D eigenvalue weighted by Gasteiger charge is 2.34. The number of nitrogens with one attached hydrogen (secondary N) is 1. The van der Waals surface area contributed by atoms with Gasteiger partial charge in [0, 0.05) is 12.0 Å². The molecule has 0 amide bonds. The van der Waals surface area contributed by atoms with E-state index in [1.165, 1.54) is 16.7 Å². The fraction of sp³-hybridized carbons (Fsp3) is 0.185. The normalized spacial score (nSPS) is 18.5. The van der Waals surface area contributed by atoms with Crippen molar-refractivity contribution in [1.82, 2.24) is 4.72 Å². The van der Waals surface area contributed by atoms with Gasteiger partial charge in [-0.05, 0) is 49.1 Å². The SMILES string of the molecule is CC1=CC(CNS(=O)(=O)c2ccc(C)cc2)(c2ccccc2)C=C1Cc1ccccc1. The largest absolute Gasteiger partial charge is 0.240 e. The molecule has 0 saturated carbocycles. The third-order valence-corrected chi connectivity index (χ3v) is 7.26. The van der Waals surface area contributed by atoms with Crippen LogP contribution in [0.3, 0.4) is 0 Å². The Bertz CT molecular complexity index is 1210. The summed E-state index contributed by atoms with van der Waals surface area (Å²) in [6.07, 6.45) is 5.24. The fourth-order valence-corrected chi connectivity index (χ4v) is 5.18. The smallest absolute Gasteiger partial charge is 0.210 e. The maximum absolute atomic E-state index is 13.0. The van der Waals surface area contributed by atoms with Crippen molar-refractivity contribution in [3.63, 3.8) is 0 Å². The number of aryl methyl sites for hydroxylation is 1. The van der Waals surface area contributed by atoms with Gasteiger partial charge >= 0.3 is 0 Å². The maximum Gasteiger partial charge on any atom is 0.240 e. The summed E-state index contributed by atoms with van der Waals surface area (Å²) < 4.78 is 28.8. The molecule has 3 aromatic rings. The van der Waals surface area contributed by atoms with Crippen molar-refractivity contribution in [2.45, 2.75) is 30.6 Å². The zero-order valence-corrected chi connectivity index (χ0v) is 18.7. The molecule has 1 N–H and O–H groups in total. The van der Waals surface area contributed by atoms with E-state index in [2.05, 4.69) is 48.1 Å². The van der Waals surface area contributed by atoms with Gasteiger partial charge in [-0.15, -0.1) is 0 Å². The van der Waals surface area contributed by atoms with Crippen molar-refractivity contribution in [3.8, 4) is 0 Å². The molecule has 0 radical (unpaired) electrons. The van der Waals surface area contributed by atoms with Gasteiger partial charge < -0.3 is 0 Å². The van der Waals surface area contributed by atoms with Crippen LogP contribution in [0.5, 0.6) is 0 Å². The van der Waals surface area contributed by atoms with Crippen molar-refractivity contribution in [2.24, 2.45) is 0 Å². The highest BCUT2D eigenvalue weighted by molar-refractivity contribution is 7.89. The second-order valence-electron chi connectivity index (χ2n) is 8.20. The van der Waals surface area contributed by atoms with Crippen LogP contribution in [0.15, 0.2) is 113 Å². The summed E-state index contributed by atoms with van der Waals surface area (Å²) in [4.78, 5) is 0.286. The van der Waals surface area contributed by atoms with Crippen molar-refractivity contribution in [3.05, 3.63) is 125 Å². The molecule has 31 heavy (non-hydrogen) atoms. The lowest BCUT2D eigenvalue weighted by atomic mass is 9.81. The average molecular weight is 430 g/mol. The van der Waals surface area contributed by atoms with E-state index in [1.54, 1.807) is 12.1 Å². The molecule has 0 heterocycles. The summed E-state index contributed by atoms with van der Waals surface area (Å²) in [5, 5.41) is 0. The van der Waals surface area contributed by atoms with E-state index >= 15 is 0 Å².